The Morgan fingerprint density at radius 3 is 2.38 bits per heavy atom. The third-order valence-corrected chi connectivity index (χ3v) is 3.66. The Hall–Kier alpha value is -0.240. The van der Waals surface area contributed by atoms with Crippen LogP contribution in [0.3, 0.4) is 0 Å². The summed E-state index contributed by atoms with van der Waals surface area (Å²) in [6, 6.07) is 0. The second-order valence-electron chi connectivity index (χ2n) is 5.59. The van der Waals surface area contributed by atoms with Crippen LogP contribution in [-0.4, -0.2) is 99.9 Å². The number of hydrogen-bond donors (Lipinski definition) is 1. The Kier molecular flexibility index (Phi) is 10.2. The zero-order valence-corrected chi connectivity index (χ0v) is 13.8. The average molecular weight is 304 g/mol. The lowest BCUT2D eigenvalue weighted by Crippen LogP contribution is -2.49. The molecule has 0 aromatic carbocycles. The first-order valence-corrected chi connectivity index (χ1v) is 7.96. The van der Waals surface area contributed by atoms with Gasteiger partial charge in [-0.25, -0.2) is 0 Å². The molecule has 0 aliphatic carbocycles. The highest BCUT2D eigenvalue weighted by Gasteiger charge is 2.19. The molecule has 1 N–H and O–H groups in total. The largest absolute Gasteiger partial charge is 0.389 e. The van der Waals surface area contributed by atoms with Gasteiger partial charge in [0.15, 0.2) is 0 Å². The van der Waals surface area contributed by atoms with E-state index in [1.807, 2.05) is 13.8 Å². The summed E-state index contributed by atoms with van der Waals surface area (Å²) < 4.78 is 15.9. The van der Waals surface area contributed by atoms with Gasteiger partial charge >= 0.3 is 0 Å². The quantitative estimate of drug-likeness (QED) is 0.545. The maximum Gasteiger partial charge on any atom is 0.0900 e. The van der Waals surface area contributed by atoms with Crippen LogP contribution >= 0.6 is 0 Å². The number of β-amino-alcohol motifs (C(OH)–C–C–N with tert-alkyl or cyclic N) is 1. The summed E-state index contributed by atoms with van der Waals surface area (Å²) in [4.78, 5) is 4.71. The molecule has 6 nitrogen and oxygen atoms in total. The lowest BCUT2D eigenvalue weighted by molar-refractivity contribution is -0.0430. The minimum Gasteiger partial charge on any atom is -0.389 e. The van der Waals surface area contributed by atoms with Crippen LogP contribution in [0.4, 0.5) is 0 Å². The van der Waals surface area contributed by atoms with Gasteiger partial charge in [-0.3, -0.25) is 9.80 Å². The predicted octanol–water partition coefficient (Wildman–Crippen LogP) is 0.0529. The molecule has 126 valence electrons. The Bertz CT molecular complexity index is 248. The van der Waals surface area contributed by atoms with E-state index in [1.54, 1.807) is 7.11 Å². The molecule has 0 amide bonds. The SMILES string of the molecule is CCOCCN1CCN(CC(O)COC(C)COC)CC1. The van der Waals surface area contributed by atoms with E-state index in [4.69, 9.17) is 14.2 Å². The maximum absolute atomic E-state index is 10.0. The zero-order valence-electron chi connectivity index (χ0n) is 13.8. The van der Waals surface area contributed by atoms with Crippen molar-refractivity contribution in [2.75, 3.05) is 72.8 Å². The van der Waals surface area contributed by atoms with Crippen LogP contribution in [0.2, 0.25) is 0 Å². The summed E-state index contributed by atoms with van der Waals surface area (Å²) in [5, 5.41) is 10.0. The smallest absolute Gasteiger partial charge is 0.0900 e. The van der Waals surface area contributed by atoms with Crippen molar-refractivity contribution in [1.29, 1.82) is 0 Å². The first-order chi connectivity index (χ1) is 10.2. The topological polar surface area (TPSA) is 54.4 Å². The highest BCUT2D eigenvalue weighted by Crippen LogP contribution is 2.04. The van der Waals surface area contributed by atoms with Gasteiger partial charge in [-0.1, -0.05) is 0 Å². The number of rotatable bonds is 11. The molecule has 0 spiro atoms. The standard InChI is InChI=1S/C15H32N2O4/c1-4-20-10-9-16-5-7-17(8-6-16)11-15(18)13-21-14(2)12-19-3/h14-15,18H,4-13H2,1-3H3. The highest BCUT2D eigenvalue weighted by atomic mass is 16.5. The minimum atomic E-state index is -0.431. The van der Waals surface area contributed by atoms with Crippen molar-refractivity contribution in [3.05, 3.63) is 0 Å². The Balaban J connectivity index is 2.08. The van der Waals surface area contributed by atoms with E-state index in [9.17, 15) is 5.11 Å². The summed E-state index contributed by atoms with van der Waals surface area (Å²) in [5.74, 6) is 0. The number of piperazine rings is 1. The number of hydrogen-bond acceptors (Lipinski definition) is 6. The fourth-order valence-corrected chi connectivity index (χ4v) is 2.44. The summed E-state index contributed by atoms with van der Waals surface area (Å²) in [6.07, 6.45) is -0.403. The molecular formula is C15H32N2O4. The molecule has 6 heteroatoms. The van der Waals surface area contributed by atoms with E-state index in [0.29, 0.717) is 19.8 Å². The van der Waals surface area contributed by atoms with E-state index < -0.39 is 6.10 Å². The van der Waals surface area contributed by atoms with Crippen LogP contribution in [-0.2, 0) is 14.2 Å². The first-order valence-electron chi connectivity index (χ1n) is 7.96. The van der Waals surface area contributed by atoms with Crippen LogP contribution in [0.5, 0.6) is 0 Å². The molecule has 1 rings (SSSR count). The van der Waals surface area contributed by atoms with Gasteiger partial charge < -0.3 is 19.3 Å². The van der Waals surface area contributed by atoms with E-state index >= 15 is 0 Å². The fraction of sp³-hybridized carbons (Fsp3) is 1.00. The molecular weight excluding hydrogens is 272 g/mol. The van der Waals surface area contributed by atoms with E-state index in [2.05, 4.69) is 9.80 Å². The van der Waals surface area contributed by atoms with Gasteiger partial charge in [0.1, 0.15) is 0 Å². The Labute approximate surface area is 128 Å². The molecule has 21 heavy (non-hydrogen) atoms. The Morgan fingerprint density at radius 2 is 1.76 bits per heavy atom. The van der Waals surface area contributed by atoms with E-state index in [1.165, 1.54) is 0 Å². The molecule has 0 radical (unpaired) electrons. The predicted molar refractivity (Wildman–Crippen MR) is 82.7 cm³/mol. The number of ether oxygens (including phenoxy) is 3. The van der Waals surface area contributed by atoms with Crippen molar-refractivity contribution in [1.82, 2.24) is 9.80 Å². The molecule has 1 aliphatic heterocycles. The third-order valence-electron chi connectivity index (χ3n) is 3.66. The second-order valence-corrected chi connectivity index (χ2v) is 5.59. The minimum absolute atomic E-state index is 0.0278. The van der Waals surface area contributed by atoms with Crippen molar-refractivity contribution >= 4 is 0 Å². The van der Waals surface area contributed by atoms with Gasteiger partial charge in [0, 0.05) is 53.0 Å². The molecule has 0 aromatic rings. The van der Waals surface area contributed by atoms with Gasteiger partial charge in [0.2, 0.25) is 0 Å². The summed E-state index contributed by atoms with van der Waals surface area (Å²) in [7, 11) is 1.65. The van der Waals surface area contributed by atoms with Crippen LogP contribution in [0.1, 0.15) is 13.8 Å². The molecule has 1 fully saturated rings. The lowest BCUT2D eigenvalue weighted by atomic mass is 10.2. The molecule has 1 aliphatic rings. The number of aliphatic hydroxyl groups excluding tert-OH is 1. The maximum atomic E-state index is 10.0. The second kappa shape index (κ2) is 11.3. The molecule has 1 saturated heterocycles. The van der Waals surface area contributed by atoms with Crippen molar-refractivity contribution in [3.8, 4) is 0 Å². The highest BCUT2D eigenvalue weighted by molar-refractivity contribution is 4.74. The molecule has 2 atom stereocenters. The number of nitrogens with zero attached hydrogens (tertiary/aromatic N) is 2. The van der Waals surface area contributed by atoms with Crippen molar-refractivity contribution in [2.24, 2.45) is 0 Å². The van der Waals surface area contributed by atoms with Crippen molar-refractivity contribution in [2.45, 2.75) is 26.1 Å². The summed E-state index contributed by atoms with van der Waals surface area (Å²) in [5.41, 5.74) is 0. The van der Waals surface area contributed by atoms with Gasteiger partial charge in [0.25, 0.3) is 0 Å². The van der Waals surface area contributed by atoms with Crippen LogP contribution in [0.25, 0.3) is 0 Å². The lowest BCUT2D eigenvalue weighted by Gasteiger charge is -2.35. The van der Waals surface area contributed by atoms with E-state index in [0.717, 1.165) is 45.9 Å². The van der Waals surface area contributed by atoms with Crippen LogP contribution in [0, 0.1) is 0 Å². The van der Waals surface area contributed by atoms with Crippen molar-refractivity contribution < 1.29 is 19.3 Å². The molecule has 0 bridgehead atoms. The molecule has 0 saturated carbocycles. The fourth-order valence-electron chi connectivity index (χ4n) is 2.44. The third kappa shape index (κ3) is 8.70. The van der Waals surface area contributed by atoms with Crippen LogP contribution < -0.4 is 0 Å². The average Bonchev–Trinajstić information content (AvgIpc) is 2.48. The van der Waals surface area contributed by atoms with Crippen molar-refractivity contribution in [3.63, 3.8) is 0 Å². The summed E-state index contributed by atoms with van der Waals surface area (Å²) >= 11 is 0. The number of aliphatic hydroxyl groups is 1. The molecule has 0 aromatic heterocycles. The van der Waals surface area contributed by atoms with Gasteiger partial charge in [-0.05, 0) is 13.8 Å². The summed E-state index contributed by atoms with van der Waals surface area (Å²) in [6.45, 7) is 12.3. The van der Waals surface area contributed by atoms with E-state index in [-0.39, 0.29) is 6.10 Å². The van der Waals surface area contributed by atoms with Gasteiger partial charge in [0.05, 0.1) is 32.0 Å². The number of methoxy groups -OCH3 is 1. The van der Waals surface area contributed by atoms with Crippen LogP contribution in [0.15, 0.2) is 0 Å². The molecule has 2 unspecified atom stereocenters. The monoisotopic (exact) mass is 304 g/mol. The normalized spacial score (nSPS) is 20.6. The first kappa shape index (κ1) is 18.8. The van der Waals surface area contributed by atoms with Gasteiger partial charge in [-0.15, -0.1) is 0 Å². The molecule has 1 heterocycles. The Morgan fingerprint density at radius 1 is 1.10 bits per heavy atom. The van der Waals surface area contributed by atoms with Gasteiger partial charge in [-0.2, -0.15) is 0 Å². The zero-order chi connectivity index (χ0) is 15.5.